The maximum absolute atomic E-state index is 9.86. The van der Waals surface area contributed by atoms with Crippen molar-refractivity contribution in [3.05, 3.63) is 22.8 Å². The minimum atomic E-state index is 0.240. The van der Waals surface area contributed by atoms with Crippen molar-refractivity contribution in [3.8, 4) is 11.5 Å². The van der Waals surface area contributed by atoms with Crippen LogP contribution in [0.3, 0.4) is 0 Å². The molecule has 3 heteroatoms. The number of phenolic OH excluding ortho intramolecular Hbond substituents is 1. The summed E-state index contributed by atoms with van der Waals surface area (Å²) in [5, 5.41) is 9.86. The molecule has 1 unspecified atom stereocenters. The summed E-state index contributed by atoms with van der Waals surface area (Å²) >= 11 is 0. The van der Waals surface area contributed by atoms with Crippen molar-refractivity contribution < 1.29 is 9.84 Å². The highest BCUT2D eigenvalue weighted by atomic mass is 16.5. The molecule has 0 radical (unpaired) electrons. The summed E-state index contributed by atoms with van der Waals surface area (Å²) in [4.78, 5) is 0. The molecular formula is C13H21NO2. The zero-order valence-electron chi connectivity index (χ0n) is 10.5. The highest BCUT2D eigenvalue weighted by Gasteiger charge is 2.16. The third-order valence-corrected chi connectivity index (χ3v) is 3.07. The highest BCUT2D eigenvalue weighted by Crippen LogP contribution is 2.38. The summed E-state index contributed by atoms with van der Waals surface area (Å²) < 4.78 is 5.24. The van der Waals surface area contributed by atoms with Crippen LogP contribution in [0.25, 0.3) is 0 Å². The first-order chi connectivity index (χ1) is 7.52. The molecule has 1 atom stereocenters. The quantitative estimate of drug-likeness (QED) is 0.824. The maximum atomic E-state index is 9.86. The fourth-order valence-electron chi connectivity index (χ4n) is 2.06. The lowest BCUT2D eigenvalue weighted by Crippen LogP contribution is -2.07. The fourth-order valence-corrected chi connectivity index (χ4v) is 2.06. The van der Waals surface area contributed by atoms with Crippen molar-refractivity contribution in [1.29, 1.82) is 0 Å². The Kier molecular flexibility index (Phi) is 4.19. The summed E-state index contributed by atoms with van der Waals surface area (Å²) in [6.07, 6.45) is 0.939. The molecule has 0 saturated heterocycles. The van der Waals surface area contributed by atoms with E-state index in [0.717, 1.165) is 17.5 Å². The minimum Gasteiger partial charge on any atom is -0.504 e. The molecule has 3 nitrogen and oxygen atoms in total. The van der Waals surface area contributed by atoms with Gasteiger partial charge in [0.05, 0.1) is 7.11 Å². The number of benzene rings is 1. The Balaban J connectivity index is 3.25. The molecule has 0 spiro atoms. The average molecular weight is 223 g/mol. The van der Waals surface area contributed by atoms with Gasteiger partial charge in [0.1, 0.15) is 0 Å². The Morgan fingerprint density at radius 2 is 2.06 bits per heavy atom. The van der Waals surface area contributed by atoms with E-state index in [2.05, 4.69) is 6.92 Å². The van der Waals surface area contributed by atoms with Crippen molar-refractivity contribution in [2.45, 2.75) is 33.1 Å². The SMILES string of the molecule is COc1c(C)c(C(C)CCN)cc(C)c1O. The molecular weight excluding hydrogens is 202 g/mol. The first-order valence-corrected chi connectivity index (χ1v) is 5.60. The lowest BCUT2D eigenvalue weighted by molar-refractivity contribution is 0.368. The summed E-state index contributed by atoms with van der Waals surface area (Å²) in [5.41, 5.74) is 8.64. The van der Waals surface area contributed by atoms with Gasteiger partial charge >= 0.3 is 0 Å². The van der Waals surface area contributed by atoms with Crippen LogP contribution < -0.4 is 10.5 Å². The van der Waals surface area contributed by atoms with Gasteiger partial charge in [0.2, 0.25) is 0 Å². The average Bonchev–Trinajstić information content (AvgIpc) is 2.24. The number of hydrogen-bond donors (Lipinski definition) is 2. The zero-order valence-corrected chi connectivity index (χ0v) is 10.5. The molecule has 0 aliphatic heterocycles. The van der Waals surface area contributed by atoms with Gasteiger partial charge in [-0.15, -0.1) is 0 Å². The highest BCUT2D eigenvalue weighted by molar-refractivity contribution is 5.54. The normalized spacial score (nSPS) is 12.6. The van der Waals surface area contributed by atoms with Gasteiger partial charge in [0.25, 0.3) is 0 Å². The standard InChI is InChI=1S/C13H21NO2/c1-8(5-6-14)11-7-9(2)12(15)13(16-4)10(11)3/h7-8,15H,5-6,14H2,1-4H3. The Bertz CT molecular complexity index is 375. The lowest BCUT2D eigenvalue weighted by Gasteiger charge is -2.18. The number of hydrogen-bond acceptors (Lipinski definition) is 3. The second-order valence-electron chi connectivity index (χ2n) is 4.27. The van der Waals surface area contributed by atoms with Crippen molar-refractivity contribution in [1.82, 2.24) is 0 Å². The molecule has 1 aromatic rings. The predicted molar refractivity (Wildman–Crippen MR) is 66.2 cm³/mol. The summed E-state index contributed by atoms with van der Waals surface area (Å²) in [6.45, 7) is 6.67. The smallest absolute Gasteiger partial charge is 0.163 e. The van der Waals surface area contributed by atoms with Gasteiger partial charge in [-0.25, -0.2) is 0 Å². The summed E-state index contributed by atoms with van der Waals surface area (Å²) in [7, 11) is 1.58. The molecule has 0 bridgehead atoms. The number of phenols is 1. The van der Waals surface area contributed by atoms with Crippen LogP contribution in [0.1, 0.15) is 36.0 Å². The number of nitrogens with two attached hydrogens (primary N) is 1. The van der Waals surface area contributed by atoms with Crippen LogP contribution in [0.2, 0.25) is 0 Å². The number of rotatable bonds is 4. The number of methoxy groups -OCH3 is 1. The number of aromatic hydroxyl groups is 1. The predicted octanol–water partition coefficient (Wildman–Crippen LogP) is 2.47. The third-order valence-electron chi connectivity index (χ3n) is 3.07. The van der Waals surface area contributed by atoms with Gasteiger partial charge in [-0.3, -0.25) is 0 Å². The van der Waals surface area contributed by atoms with Crippen LogP contribution in [-0.2, 0) is 0 Å². The van der Waals surface area contributed by atoms with Gasteiger partial charge in [0, 0.05) is 0 Å². The first kappa shape index (κ1) is 12.8. The second kappa shape index (κ2) is 5.21. The summed E-state index contributed by atoms with van der Waals surface area (Å²) in [5.74, 6) is 1.21. The molecule has 16 heavy (non-hydrogen) atoms. The van der Waals surface area contributed by atoms with Crippen LogP contribution in [-0.4, -0.2) is 18.8 Å². The van der Waals surface area contributed by atoms with E-state index in [1.165, 1.54) is 5.56 Å². The molecule has 3 N–H and O–H groups in total. The summed E-state index contributed by atoms with van der Waals surface area (Å²) in [6, 6.07) is 2.02. The lowest BCUT2D eigenvalue weighted by atomic mass is 9.91. The van der Waals surface area contributed by atoms with E-state index in [0.29, 0.717) is 18.2 Å². The maximum Gasteiger partial charge on any atom is 0.163 e. The van der Waals surface area contributed by atoms with Crippen molar-refractivity contribution >= 4 is 0 Å². The molecule has 0 fully saturated rings. The molecule has 0 saturated carbocycles. The van der Waals surface area contributed by atoms with E-state index in [1.54, 1.807) is 7.11 Å². The van der Waals surface area contributed by atoms with Crippen molar-refractivity contribution in [2.24, 2.45) is 5.73 Å². The van der Waals surface area contributed by atoms with Crippen LogP contribution in [0.4, 0.5) is 0 Å². The number of aryl methyl sites for hydroxylation is 1. The van der Waals surface area contributed by atoms with Gasteiger partial charge in [0.15, 0.2) is 11.5 Å². The molecule has 1 aromatic carbocycles. The van der Waals surface area contributed by atoms with Gasteiger partial charge in [-0.2, -0.15) is 0 Å². The van der Waals surface area contributed by atoms with Gasteiger partial charge < -0.3 is 15.6 Å². The van der Waals surface area contributed by atoms with Crippen LogP contribution in [0.15, 0.2) is 6.07 Å². The van der Waals surface area contributed by atoms with Gasteiger partial charge in [-0.05, 0) is 49.4 Å². The van der Waals surface area contributed by atoms with E-state index >= 15 is 0 Å². The molecule has 1 rings (SSSR count). The first-order valence-electron chi connectivity index (χ1n) is 5.60. The molecule has 0 aromatic heterocycles. The van der Waals surface area contributed by atoms with E-state index in [-0.39, 0.29) is 5.75 Å². The minimum absolute atomic E-state index is 0.240. The van der Waals surface area contributed by atoms with E-state index in [1.807, 2.05) is 19.9 Å². The molecule has 0 amide bonds. The van der Waals surface area contributed by atoms with Crippen LogP contribution in [0.5, 0.6) is 11.5 Å². The molecule has 0 heterocycles. The molecule has 0 aliphatic carbocycles. The second-order valence-corrected chi connectivity index (χ2v) is 4.27. The van der Waals surface area contributed by atoms with Crippen LogP contribution in [0, 0.1) is 13.8 Å². The Hall–Kier alpha value is -1.22. The zero-order chi connectivity index (χ0) is 12.3. The van der Waals surface area contributed by atoms with Crippen molar-refractivity contribution in [2.75, 3.05) is 13.7 Å². The van der Waals surface area contributed by atoms with E-state index in [9.17, 15) is 5.11 Å². The third kappa shape index (κ3) is 2.30. The van der Waals surface area contributed by atoms with E-state index < -0.39 is 0 Å². The fraction of sp³-hybridized carbons (Fsp3) is 0.538. The Labute approximate surface area is 97.2 Å². The number of ether oxygens (including phenoxy) is 1. The largest absolute Gasteiger partial charge is 0.504 e. The van der Waals surface area contributed by atoms with E-state index in [4.69, 9.17) is 10.5 Å². The van der Waals surface area contributed by atoms with Crippen LogP contribution >= 0.6 is 0 Å². The molecule has 0 aliphatic rings. The topological polar surface area (TPSA) is 55.5 Å². The van der Waals surface area contributed by atoms with Crippen molar-refractivity contribution in [3.63, 3.8) is 0 Å². The van der Waals surface area contributed by atoms with Gasteiger partial charge in [-0.1, -0.05) is 13.0 Å². The monoisotopic (exact) mass is 223 g/mol. The Morgan fingerprint density at radius 1 is 1.44 bits per heavy atom. The molecule has 90 valence electrons. The Morgan fingerprint density at radius 3 is 2.56 bits per heavy atom.